The zero-order valence-electron chi connectivity index (χ0n) is 13.9. The summed E-state index contributed by atoms with van der Waals surface area (Å²) in [7, 11) is 0. The number of hydrogen-bond acceptors (Lipinski definition) is 4. The van der Waals surface area contributed by atoms with E-state index in [9.17, 15) is 14.7 Å². The number of hydrogen-bond donors (Lipinski definition) is 1. The Morgan fingerprint density at radius 2 is 1.38 bits per heavy atom. The smallest absolute Gasteiger partial charge is 0.199 e. The summed E-state index contributed by atoms with van der Waals surface area (Å²) in [6.07, 6.45) is 0. The summed E-state index contributed by atoms with van der Waals surface area (Å²) < 4.78 is 0. The third-order valence-corrected chi connectivity index (χ3v) is 5.02. The highest BCUT2D eigenvalue weighted by molar-refractivity contribution is 6.38. The van der Waals surface area contributed by atoms with Crippen molar-refractivity contribution < 1.29 is 14.7 Å². The third-order valence-electron chi connectivity index (χ3n) is 5.02. The number of aliphatic hydroxyl groups excluding tert-OH is 1. The molecule has 0 radical (unpaired) electrons. The molecule has 0 unspecified atom stereocenters. The number of carbonyl (C=O) groups excluding carboxylic acids is 2. The van der Waals surface area contributed by atoms with Crippen LogP contribution in [0.5, 0.6) is 0 Å². The number of aliphatic hydroxyl groups is 1. The van der Waals surface area contributed by atoms with Crippen LogP contribution >= 0.6 is 0 Å². The Balaban J connectivity index is 1.76. The van der Waals surface area contributed by atoms with E-state index in [0.29, 0.717) is 33.6 Å². The number of aromatic nitrogens is 1. The van der Waals surface area contributed by atoms with Crippen LogP contribution in [0.2, 0.25) is 0 Å². The lowest BCUT2D eigenvalue weighted by Gasteiger charge is -2.08. The van der Waals surface area contributed by atoms with Gasteiger partial charge in [-0.25, -0.2) is 4.98 Å². The minimum absolute atomic E-state index is 0.0496. The van der Waals surface area contributed by atoms with Crippen molar-refractivity contribution in [2.75, 3.05) is 0 Å². The molecule has 1 aromatic heterocycles. The number of nitrogens with zero attached hydrogens (tertiary/aromatic N) is 1. The molecule has 0 amide bonds. The molecule has 1 N–H and O–H groups in total. The van der Waals surface area contributed by atoms with Crippen molar-refractivity contribution in [1.29, 1.82) is 0 Å². The van der Waals surface area contributed by atoms with E-state index in [4.69, 9.17) is 0 Å². The van der Waals surface area contributed by atoms with Gasteiger partial charge in [0.1, 0.15) is 5.76 Å². The zero-order chi connectivity index (χ0) is 18.0. The fraction of sp³-hybridized carbons (Fsp3) is 0.0455. The Hall–Kier alpha value is -3.53. The van der Waals surface area contributed by atoms with Crippen molar-refractivity contribution in [3.63, 3.8) is 0 Å². The van der Waals surface area contributed by atoms with Crippen LogP contribution in [0.4, 0.5) is 0 Å². The van der Waals surface area contributed by atoms with Gasteiger partial charge in [0.05, 0.1) is 22.5 Å². The van der Waals surface area contributed by atoms with E-state index in [-0.39, 0.29) is 22.9 Å². The van der Waals surface area contributed by atoms with Gasteiger partial charge in [0.25, 0.3) is 0 Å². The standard InChI is InChI=1S/C22H13NO3/c1-11-10-16(18-21(25)14-8-4-5-9-15(14)22(18)26)23-19-12-6-2-3-7-13(12)20(24)17(11)19/h2-10,25H,1H3. The average Bonchev–Trinajstić information content (AvgIpc) is 3.08. The lowest BCUT2D eigenvalue weighted by Crippen LogP contribution is -2.05. The predicted octanol–water partition coefficient (Wildman–Crippen LogP) is 4.22. The van der Waals surface area contributed by atoms with Crippen LogP contribution in [-0.4, -0.2) is 21.7 Å². The molecule has 0 aliphatic heterocycles. The second-order valence-corrected chi connectivity index (χ2v) is 6.52. The maximum Gasteiger partial charge on any atom is 0.199 e. The fourth-order valence-electron chi connectivity index (χ4n) is 3.81. The van der Waals surface area contributed by atoms with Crippen LogP contribution in [0.3, 0.4) is 0 Å². The molecule has 26 heavy (non-hydrogen) atoms. The first-order valence-corrected chi connectivity index (χ1v) is 8.31. The fourth-order valence-corrected chi connectivity index (χ4v) is 3.81. The molecular weight excluding hydrogens is 326 g/mol. The Labute approximate surface area is 149 Å². The molecule has 0 saturated carbocycles. The molecule has 2 aromatic carbocycles. The Morgan fingerprint density at radius 1 is 0.808 bits per heavy atom. The Morgan fingerprint density at radius 3 is 2.04 bits per heavy atom. The first-order valence-electron chi connectivity index (χ1n) is 8.31. The minimum Gasteiger partial charge on any atom is -0.506 e. The van der Waals surface area contributed by atoms with E-state index in [1.165, 1.54) is 0 Å². The molecule has 2 aliphatic rings. The molecule has 5 rings (SSSR count). The largest absolute Gasteiger partial charge is 0.506 e. The van der Waals surface area contributed by atoms with Gasteiger partial charge < -0.3 is 5.11 Å². The molecule has 0 spiro atoms. The number of pyridine rings is 1. The van der Waals surface area contributed by atoms with Gasteiger partial charge in [-0.15, -0.1) is 0 Å². The van der Waals surface area contributed by atoms with Gasteiger partial charge in [-0.05, 0) is 18.6 Å². The molecule has 1 heterocycles. The summed E-state index contributed by atoms with van der Waals surface area (Å²) in [4.78, 5) is 30.1. The molecule has 4 heteroatoms. The number of fused-ring (bicyclic) bond motifs is 4. The summed E-state index contributed by atoms with van der Waals surface area (Å²) >= 11 is 0. The molecule has 0 atom stereocenters. The van der Waals surface area contributed by atoms with Gasteiger partial charge in [0, 0.05) is 22.3 Å². The summed E-state index contributed by atoms with van der Waals surface area (Å²) in [6, 6.07) is 16.0. The van der Waals surface area contributed by atoms with Gasteiger partial charge in [-0.3, -0.25) is 9.59 Å². The van der Waals surface area contributed by atoms with Crippen LogP contribution in [0.1, 0.15) is 43.1 Å². The maximum atomic E-state index is 12.8. The Kier molecular flexibility index (Phi) is 2.84. The highest BCUT2D eigenvalue weighted by atomic mass is 16.3. The van der Waals surface area contributed by atoms with E-state index in [0.717, 1.165) is 11.1 Å². The summed E-state index contributed by atoms with van der Waals surface area (Å²) in [5.41, 5.74) is 4.84. The van der Waals surface area contributed by atoms with E-state index in [2.05, 4.69) is 4.98 Å². The second-order valence-electron chi connectivity index (χ2n) is 6.52. The molecule has 0 saturated heterocycles. The monoisotopic (exact) mass is 339 g/mol. The van der Waals surface area contributed by atoms with Crippen LogP contribution in [-0.2, 0) is 0 Å². The van der Waals surface area contributed by atoms with E-state index in [1.54, 1.807) is 36.4 Å². The van der Waals surface area contributed by atoms with Gasteiger partial charge in [0.2, 0.25) is 0 Å². The van der Waals surface area contributed by atoms with E-state index < -0.39 is 0 Å². The lowest BCUT2D eigenvalue weighted by molar-refractivity contribution is 0.104. The van der Waals surface area contributed by atoms with Crippen LogP contribution in [0.15, 0.2) is 54.6 Å². The number of Topliss-reactive ketones (excluding diaryl/α,β-unsaturated/α-hetero) is 1. The summed E-state index contributed by atoms with van der Waals surface area (Å²) in [5, 5.41) is 10.6. The topological polar surface area (TPSA) is 67.3 Å². The zero-order valence-corrected chi connectivity index (χ0v) is 13.9. The van der Waals surface area contributed by atoms with Gasteiger partial charge in [0.15, 0.2) is 11.6 Å². The van der Waals surface area contributed by atoms with Crippen molar-refractivity contribution in [3.05, 3.63) is 88.1 Å². The molecule has 2 aliphatic carbocycles. The summed E-state index contributed by atoms with van der Waals surface area (Å²) in [5.74, 6) is -0.357. The molecule has 124 valence electrons. The van der Waals surface area contributed by atoms with Crippen molar-refractivity contribution >= 4 is 22.9 Å². The number of allylic oxidation sites excluding steroid dienone is 1. The van der Waals surface area contributed by atoms with Crippen LogP contribution in [0.25, 0.3) is 22.6 Å². The van der Waals surface area contributed by atoms with Crippen molar-refractivity contribution in [3.8, 4) is 11.3 Å². The molecular formula is C22H13NO3. The molecule has 0 fully saturated rings. The van der Waals surface area contributed by atoms with Crippen molar-refractivity contribution in [2.45, 2.75) is 6.92 Å². The predicted molar refractivity (Wildman–Crippen MR) is 98.1 cm³/mol. The van der Waals surface area contributed by atoms with Crippen LogP contribution < -0.4 is 0 Å². The third kappa shape index (κ3) is 1.76. The van der Waals surface area contributed by atoms with Gasteiger partial charge >= 0.3 is 0 Å². The first kappa shape index (κ1) is 14.8. The number of benzene rings is 2. The van der Waals surface area contributed by atoms with Crippen molar-refractivity contribution in [1.82, 2.24) is 4.98 Å². The van der Waals surface area contributed by atoms with Gasteiger partial charge in [-0.1, -0.05) is 48.5 Å². The van der Waals surface area contributed by atoms with Crippen molar-refractivity contribution in [2.24, 2.45) is 0 Å². The highest BCUT2D eigenvalue weighted by Gasteiger charge is 2.34. The first-order chi connectivity index (χ1) is 12.6. The minimum atomic E-state index is -0.248. The number of rotatable bonds is 1. The maximum absolute atomic E-state index is 12.8. The normalized spacial score (nSPS) is 14.5. The van der Waals surface area contributed by atoms with Crippen LogP contribution in [0, 0.1) is 6.92 Å². The van der Waals surface area contributed by atoms with E-state index in [1.807, 2.05) is 25.1 Å². The molecule has 4 nitrogen and oxygen atoms in total. The average molecular weight is 339 g/mol. The van der Waals surface area contributed by atoms with E-state index >= 15 is 0 Å². The lowest BCUT2D eigenvalue weighted by atomic mass is 10.0. The number of aryl methyl sites for hydroxylation is 1. The quantitative estimate of drug-likeness (QED) is 0.564. The molecule has 0 bridgehead atoms. The SMILES string of the molecule is Cc1cc(C2=C(O)c3ccccc3C2=O)nc2c1C(=O)c1ccccc1-2. The molecule has 3 aromatic rings. The number of carbonyl (C=O) groups is 2. The highest BCUT2D eigenvalue weighted by Crippen LogP contribution is 2.41. The van der Waals surface area contributed by atoms with Gasteiger partial charge in [-0.2, -0.15) is 0 Å². The number of ketones is 2. The Bertz CT molecular complexity index is 1190. The summed E-state index contributed by atoms with van der Waals surface area (Å²) in [6.45, 7) is 1.83. The second kappa shape index (κ2) is 4.99.